The molecule has 0 bridgehead atoms. The van der Waals surface area contributed by atoms with Crippen molar-refractivity contribution in [2.24, 2.45) is 23.5 Å². The highest BCUT2D eigenvalue weighted by molar-refractivity contribution is 6.24. The average Bonchev–Trinajstić information content (AvgIpc) is 2.79. The van der Waals surface area contributed by atoms with Crippen LogP contribution in [0.25, 0.3) is 5.76 Å². The lowest BCUT2D eigenvalue weighted by Gasteiger charge is -2.50. The van der Waals surface area contributed by atoms with E-state index in [1.54, 1.807) is 0 Å². The number of nitrogens with two attached hydrogens (primary N) is 1. The van der Waals surface area contributed by atoms with Crippen molar-refractivity contribution in [3.8, 4) is 5.75 Å². The van der Waals surface area contributed by atoms with Crippen molar-refractivity contribution in [2.45, 2.75) is 51.1 Å². The van der Waals surface area contributed by atoms with Crippen LogP contribution in [0.4, 0.5) is 13.2 Å². The van der Waals surface area contributed by atoms with Crippen molar-refractivity contribution in [3.05, 3.63) is 45.2 Å². The van der Waals surface area contributed by atoms with Gasteiger partial charge in [-0.1, -0.05) is 13.8 Å². The molecule has 1 amide bonds. The lowest BCUT2D eigenvalue weighted by molar-refractivity contribution is -0.153. The number of carbonyl (C=O) groups is 3. The van der Waals surface area contributed by atoms with Crippen LogP contribution in [0, 0.1) is 17.8 Å². The summed E-state index contributed by atoms with van der Waals surface area (Å²) < 4.78 is 43.4. The Hall–Kier alpha value is -3.42. The van der Waals surface area contributed by atoms with Gasteiger partial charge in [-0.15, -0.1) is 0 Å². The maximum absolute atomic E-state index is 14.5. The van der Waals surface area contributed by atoms with Crippen LogP contribution in [0.1, 0.15) is 42.5 Å². The molecule has 1 aromatic rings. The molecule has 3 aliphatic carbocycles. The molecule has 1 saturated carbocycles. The van der Waals surface area contributed by atoms with Crippen molar-refractivity contribution in [2.75, 3.05) is 20.6 Å². The average molecular weight is 568 g/mol. The van der Waals surface area contributed by atoms with Crippen molar-refractivity contribution >= 4 is 23.2 Å². The summed E-state index contributed by atoms with van der Waals surface area (Å²) >= 11 is 0. The number of amides is 1. The van der Waals surface area contributed by atoms with E-state index in [4.69, 9.17) is 5.73 Å². The fourth-order valence-electron chi connectivity index (χ4n) is 6.37. The van der Waals surface area contributed by atoms with Gasteiger partial charge in [0.1, 0.15) is 22.8 Å². The molecule has 0 aromatic heterocycles. The van der Waals surface area contributed by atoms with Crippen LogP contribution in [0.5, 0.6) is 5.75 Å². The number of halogens is 3. The summed E-state index contributed by atoms with van der Waals surface area (Å²) in [6.45, 7) is 3.95. The Morgan fingerprint density at radius 2 is 1.85 bits per heavy atom. The number of benzene rings is 1. The van der Waals surface area contributed by atoms with Gasteiger partial charge in [-0.3, -0.25) is 19.3 Å². The zero-order valence-electron chi connectivity index (χ0n) is 22.4. The van der Waals surface area contributed by atoms with Gasteiger partial charge in [0, 0.05) is 18.0 Å². The van der Waals surface area contributed by atoms with Crippen LogP contribution in [0.3, 0.4) is 0 Å². The van der Waals surface area contributed by atoms with Gasteiger partial charge in [0.25, 0.3) is 5.91 Å². The number of primary amides is 1. The Morgan fingerprint density at radius 1 is 1.23 bits per heavy atom. The number of phenolic OH excluding ortho intramolecular Hbond substituents is 1. The number of alkyl halides is 3. The summed E-state index contributed by atoms with van der Waals surface area (Å²) in [5.41, 5.74) is -1.39. The Bertz CT molecular complexity index is 1370. The molecule has 7 N–H and O–H groups in total. The fraction of sp³-hybridized carbons (Fsp3) is 0.519. The lowest BCUT2D eigenvalue weighted by Crippen LogP contribution is -2.65. The van der Waals surface area contributed by atoms with E-state index in [0.29, 0.717) is 6.54 Å². The van der Waals surface area contributed by atoms with Crippen LogP contribution in [-0.2, 0) is 33.5 Å². The highest BCUT2D eigenvalue weighted by atomic mass is 19.4. The summed E-state index contributed by atoms with van der Waals surface area (Å²) in [5.74, 6) is -8.90. The summed E-state index contributed by atoms with van der Waals surface area (Å²) in [7, 11) is 2.87. The van der Waals surface area contributed by atoms with Gasteiger partial charge in [-0.05, 0) is 62.5 Å². The Kier molecular flexibility index (Phi) is 7.31. The number of nitrogens with zero attached hydrogens (tertiary/aromatic N) is 1. The van der Waals surface area contributed by atoms with Gasteiger partial charge in [-0.25, -0.2) is 0 Å². The first-order chi connectivity index (χ1) is 18.4. The van der Waals surface area contributed by atoms with Crippen molar-refractivity contribution in [1.82, 2.24) is 10.2 Å². The largest absolute Gasteiger partial charge is 0.508 e. The molecule has 40 heavy (non-hydrogen) atoms. The molecule has 3 aliphatic rings. The molecule has 218 valence electrons. The van der Waals surface area contributed by atoms with Crippen LogP contribution in [-0.4, -0.2) is 75.1 Å². The van der Waals surface area contributed by atoms with Crippen LogP contribution >= 0.6 is 0 Å². The number of aliphatic hydroxyl groups excluding tert-OH is 2. The van der Waals surface area contributed by atoms with E-state index in [-0.39, 0.29) is 24.4 Å². The molecule has 1 fully saturated rings. The second kappa shape index (κ2) is 9.89. The van der Waals surface area contributed by atoms with Gasteiger partial charge in [0.2, 0.25) is 5.78 Å². The van der Waals surface area contributed by atoms with Crippen LogP contribution in [0.2, 0.25) is 0 Å². The molecule has 4 rings (SSSR count). The maximum Gasteiger partial charge on any atom is 0.417 e. The minimum absolute atomic E-state index is 0.144. The number of hydrogen-bond acceptors (Lipinski definition) is 9. The quantitative estimate of drug-likeness (QED) is 0.280. The number of nitrogens with one attached hydrogen (secondary N) is 1. The van der Waals surface area contributed by atoms with Crippen LogP contribution in [0.15, 0.2) is 23.0 Å². The summed E-state index contributed by atoms with van der Waals surface area (Å²) in [4.78, 5) is 40.3. The standard InChI is InChI=1S/C27H32F3N3O7/c1-10(2)8-32-9-12-7-15(34)17-13(19(12)27(28,29)30)5-11-6-14-20(33(3)4)22(36)18(25(31)39)24(38)26(14,40)23(37)16(11)21(17)35/h7,10-11,14,20,32,34-35,38,40H,5-6,8-9H2,1-4H3,(H2,31,39)/t11-,14-,20-,26-/m0/s1. The zero-order valence-corrected chi connectivity index (χ0v) is 22.4. The smallest absolute Gasteiger partial charge is 0.417 e. The molecular weight excluding hydrogens is 535 g/mol. The number of hydrogen-bond donors (Lipinski definition) is 6. The highest BCUT2D eigenvalue weighted by Gasteiger charge is 2.64. The highest BCUT2D eigenvalue weighted by Crippen LogP contribution is 2.54. The second-order valence-electron chi connectivity index (χ2n) is 11.3. The van der Waals surface area contributed by atoms with E-state index >= 15 is 0 Å². The molecule has 0 saturated heterocycles. The van der Waals surface area contributed by atoms with E-state index < -0.39 is 98.7 Å². The molecule has 0 heterocycles. The van der Waals surface area contributed by atoms with Gasteiger partial charge >= 0.3 is 6.18 Å². The van der Waals surface area contributed by atoms with E-state index in [1.165, 1.54) is 19.0 Å². The molecule has 4 atom stereocenters. The van der Waals surface area contributed by atoms with E-state index in [2.05, 4.69) is 5.32 Å². The number of Topliss-reactive ketones (excluding diaryl/α,β-unsaturated/α-hetero) is 2. The molecule has 0 aliphatic heterocycles. The second-order valence-corrected chi connectivity index (χ2v) is 11.3. The Balaban J connectivity index is 1.95. The van der Waals surface area contributed by atoms with Gasteiger partial charge in [0.05, 0.1) is 17.2 Å². The third kappa shape index (κ3) is 4.36. The molecular formula is C27H32F3N3O7. The lowest BCUT2D eigenvalue weighted by atomic mass is 9.57. The molecule has 10 nitrogen and oxygen atoms in total. The number of ketones is 2. The third-order valence-electron chi connectivity index (χ3n) is 7.96. The zero-order chi connectivity index (χ0) is 30.1. The number of rotatable bonds is 6. The molecule has 0 spiro atoms. The molecule has 1 aromatic carbocycles. The minimum Gasteiger partial charge on any atom is -0.508 e. The predicted molar refractivity (Wildman–Crippen MR) is 136 cm³/mol. The van der Waals surface area contributed by atoms with Gasteiger partial charge < -0.3 is 31.5 Å². The first-order valence-corrected chi connectivity index (χ1v) is 12.7. The number of aliphatic hydroxyl groups is 3. The van der Waals surface area contributed by atoms with Crippen molar-refractivity contribution in [3.63, 3.8) is 0 Å². The summed E-state index contributed by atoms with van der Waals surface area (Å²) in [5, 5.41) is 47.3. The van der Waals surface area contributed by atoms with Crippen molar-refractivity contribution in [1.29, 1.82) is 0 Å². The number of aromatic hydroxyl groups is 1. The minimum atomic E-state index is -4.88. The number of phenols is 1. The number of fused-ring (bicyclic) bond motifs is 3. The molecule has 13 heteroatoms. The topological polar surface area (TPSA) is 173 Å². The monoisotopic (exact) mass is 567 g/mol. The van der Waals surface area contributed by atoms with E-state index in [0.717, 1.165) is 6.07 Å². The van der Waals surface area contributed by atoms with Crippen molar-refractivity contribution < 1.29 is 48.0 Å². The normalized spacial score (nSPS) is 26.8. The SMILES string of the molecule is CC(C)CNCc1cc(O)c2c(c1C(F)(F)F)C[C@H]1C[C@H]3[C@H](N(C)C)C(=O)C(C(N)=O)=C(O)[C@@]3(O)C(=O)C1=C2O. The number of likely N-dealkylation sites (N-methyl/N-ethyl adjacent to an activating group) is 1. The summed E-state index contributed by atoms with van der Waals surface area (Å²) in [6.07, 6.45) is -5.64. The summed E-state index contributed by atoms with van der Waals surface area (Å²) in [6, 6.07) is -0.458. The maximum atomic E-state index is 14.5. The fourth-order valence-corrected chi connectivity index (χ4v) is 6.37. The first kappa shape index (κ1) is 29.6. The van der Waals surface area contributed by atoms with Gasteiger partial charge in [0.15, 0.2) is 11.4 Å². The van der Waals surface area contributed by atoms with Gasteiger partial charge in [-0.2, -0.15) is 13.2 Å². The number of carbonyl (C=O) groups excluding carboxylic acids is 3. The van der Waals surface area contributed by atoms with E-state index in [1.807, 2.05) is 13.8 Å². The molecule has 0 unspecified atom stereocenters. The Morgan fingerprint density at radius 3 is 2.38 bits per heavy atom. The Labute approximate surface area is 228 Å². The first-order valence-electron chi connectivity index (χ1n) is 12.7. The third-order valence-corrected chi connectivity index (χ3v) is 7.96. The van der Waals surface area contributed by atoms with Crippen LogP contribution < -0.4 is 11.1 Å². The molecule has 0 radical (unpaired) electrons. The van der Waals surface area contributed by atoms with E-state index in [9.17, 15) is 48.0 Å². The predicted octanol–water partition coefficient (Wildman–Crippen LogP) is 1.73.